The van der Waals surface area contributed by atoms with Gasteiger partial charge in [-0.2, -0.15) is 4.31 Å². The Kier molecular flexibility index (Phi) is 5.24. The van der Waals surface area contributed by atoms with Gasteiger partial charge in [0.15, 0.2) is 5.03 Å². The second-order valence-corrected chi connectivity index (χ2v) is 9.61. The maximum Gasteiger partial charge on any atom is 0.262 e. The van der Waals surface area contributed by atoms with Gasteiger partial charge < -0.3 is 14.9 Å². The number of para-hydroxylation sites is 2. The van der Waals surface area contributed by atoms with E-state index in [4.69, 9.17) is 0 Å². The molecule has 2 aromatic heterocycles. The van der Waals surface area contributed by atoms with E-state index >= 15 is 0 Å². The van der Waals surface area contributed by atoms with Gasteiger partial charge in [0.1, 0.15) is 12.4 Å². The number of benzene rings is 2. The molecule has 0 atom stereocenters. The number of amides is 1. The average molecular weight is 451 g/mol. The van der Waals surface area contributed by atoms with Crippen LogP contribution in [0, 0.1) is 0 Å². The standard InChI is InChI=1S/C22H22N6O3S/c29-20(13-27-14-21(23-15-27)32(30,31)28-11-3-4-12-28)24-17-9-7-16(8-10-17)22-25-18-5-1-2-6-19(18)26-22/h1-2,5-10,14-15H,3-4,11-13H2,(H,24,29)(H,25,26). The lowest BCUT2D eigenvalue weighted by atomic mass is 10.2. The summed E-state index contributed by atoms with van der Waals surface area (Å²) in [7, 11) is -3.59. The third kappa shape index (κ3) is 4.02. The van der Waals surface area contributed by atoms with Gasteiger partial charge in [0.05, 0.1) is 17.4 Å². The molecule has 0 saturated carbocycles. The summed E-state index contributed by atoms with van der Waals surface area (Å²) in [5, 5.41) is 2.80. The van der Waals surface area contributed by atoms with Gasteiger partial charge in [-0.1, -0.05) is 12.1 Å². The highest BCUT2D eigenvalue weighted by Gasteiger charge is 2.29. The highest BCUT2D eigenvalue weighted by Crippen LogP contribution is 2.22. The van der Waals surface area contributed by atoms with Crippen molar-refractivity contribution in [3.8, 4) is 11.4 Å². The molecule has 9 nitrogen and oxygen atoms in total. The topological polar surface area (TPSA) is 113 Å². The van der Waals surface area contributed by atoms with E-state index in [9.17, 15) is 13.2 Å². The first-order valence-electron chi connectivity index (χ1n) is 10.4. The molecule has 0 spiro atoms. The molecule has 4 aromatic rings. The molecule has 5 rings (SSSR count). The number of anilines is 1. The number of nitrogens with zero attached hydrogens (tertiary/aromatic N) is 4. The van der Waals surface area contributed by atoms with Crippen LogP contribution >= 0.6 is 0 Å². The van der Waals surface area contributed by atoms with E-state index in [2.05, 4.69) is 20.3 Å². The van der Waals surface area contributed by atoms with Crippen molar-refractivity contribution in [1.29, 1.82) is 0 Å². The van der Waals surface area contributed by atoms with Crippen LogP contribution in [-0.2, 0) is 21.4 Å². The molecule has 0 bridgehead atoms. The SMILES string of the molecule is O=C(Cn1cnc(S(=O)(=O)N2CCCC2)c1)Nc1ccc(-c2nc3ccccc3[nH]2)cc1. The molecule has 0 radical (unpaired) electrons. The van der Waals surface area contributed by atoms with Crippen LogP contribution in [0.15, 0.2) is 66.1 Å². The smallest absolute Gasteiger partial charge is 0.262 e. The van der Waals surface area contributed by atoms with E-state index in [0.717, 1.165) is 35.3 Å². The fourth-order valence-electron chi connectivity index (χ4n) is 3.79. The Morgan fingerprint density at radius 2 is 1.81 bits per heavy atom. The third-order valence-electron chi connectivity index (χ3n) is 5.44. The van der Waals surface area contributed by atoms with Crippen LogP contribution in [-0.4, -0.2) is 51.2 Å². The van der Waals surface area contributed by atoms with E-state index in [-0.39, 0.29) is 17.5 Å². The van der Waals surface area contributed by atoms with Crippen molar-refractivity contribution in [2.45, 2.75) is 24.4 Å². The van der Waals surface area contributed by atoms with Crippen LogP contribution in [0.4, 0.5) is 5.69 Å². The molecule has 2 aromatic carbocycles. The molecule has 0 unspecified atom stereocenters. The molecule has 1 fully saturated rings. The van der Waals surface area contributed by atoms with Gasteiger partial charge in [-0.3, -0.25) is 4.79 Å². The summed E-state index contributed by atoms with van der Waals surface area (Å²) in [4.78, 5) is 24.3. The summed E-state index contributed by atoms with van der Waals surface area (Å²) in [5.41, 5.74) is 3.41. The van der Waals surface area contributed by atoms with Crippen molar-refractivity contribution in [2.75, 3.05) is 18.4 Å². The summed E-state index contributed by atoms with van der Waals surface area (Å²) < 4.78 is 28.1. The second kappa shape index (κ2) is 8.21. The van der Waals surface area contributed by atoms with Crippen molar-refractivity contribution in [3.63, 3.8) is 0 Å². The normalized spacial score (nSPS) is 14.8. The Morgan fingerprint density at radius 3 is 2.56 bits per heavy atom. The van der Waals surface area contributed by atoms with Gasteiger partial charge in [0.2, 0.25) is 5.91 Å². The van der Waals surface area contributed by atoms with E-state index in [1.54, 1.807) is 12.1 Å². The number of carbonyl (C=O) groups is 1. The molecule has 1 aliphatic heterocycles. The zero-order valence-electron chi connectivity index (χ0n) is 17.2. The number of carbonyl (C=O) groups excluding carboxylic acids is 1. The number of H-pyrrole nitrogens is 1. The first-order chi connectivity index (χ1) is 15.5. The van der Waals surface area contributed by atoms with Gasteiger partial charge in [-0.25, -0.2) is 18.4 Å². The summed E-state index contributed by atoms with van der Waals surface area (Å²) in [5.74, 6) is 0.484. The lowest BCUT2D eigenvalue weighted by Gasteiger charge is -2.12. The van der Waals surface area contributed by atoms with Crippen LogP contribution in [0.2, 0.25) is 0 Å². The Balaban J connectivity index is 1.23. The molecule has 1 saturated heterocycles. The number of fused-ring (bicyclic) bond motifs is 1. The minimum atomic E-state index is -3.59. The van der Waals surface area contributed by atoms with Gasteiger partial charge in [0.25, 0.3) is 10.0 Å². The number of hydrogen-bond acceptors (Lipinski definition) is 5. The second-order valence-electron chi connectivity index (χ2n) is 7.72. The predicted octanol–water partition coefficient (Wildman–Crippen LogP) is 2.85. The zero-order valence-corrected chi connectivity index (χ0v) is 18.0. The third-order valence-corrected chi connectivity index (χ3v) is 7.22. The Hall–Kier alpha value is -3.50. The van der Waals surface area contributed by atoms with Crippen LogP contribution < -0.4 is 5.32 Å². The number of aromatic amines is 1. The molecule has 32 heavy (non-hydrogen) atoms. The molecule has 2 N–H and O–H groups in total. The number of imidazole rings is 2. The average Bonchev–Trinajstić information content (AvgIpc) is 3.54. The summed E-state index contributed by atoms with van der Waals surface area (Å²) in [6.45, 7) is 0.993. The number of rotatable bonds is 6. The number of sulfonamides is 1. The summed E-state index contributed by atoms with van der Waals surface area (Å²) in [6.07, 6.45) is 4.49. The summed E-state index contributed by atoms with van der Waals surface area (Å²) in [6, 6.07) is 15.2. The first kappa shape index (κ1) is 20.4. The Bertz CT molecular complexity index is 1340. The highest BCUT2D eigenvalue weighted by atomic mass is 32.2. The predicted molar refractivity (Wildman–Crippen MR) is 120 cm³/mol. The minimum Gasteiger partial charge on any atom is -0.338 e. The molecule has 10 heteroatoms. The van der Waals surface area contributed by atoms with Gasteiger partial charge in [-0.15, -0.1) is 0 Å². The lowest BCUT2D eigenvalue weighted by molar-refractivity contribution is -0.116. The van der Waals surface area contributed by atoms with E-state index in [0.29, 0.717) is 18.8 Å². The largest absolute Gasteiger partial charge is 0.338 e. The molecule has 1 amide bonds. The van der Waals surface area contributed by atoms with Crippen LogP contribution in [0.3, 0.4) is 0 Å². The van der Waals surface area contributed by atoms with E-state index < -0.39 is 10.0 Å². The lowest BCUT2D eigenvalue weighted by Crippen LogP contribution is -2.28. The van der Waals surface area contributed by atoms with Crippen molar-refractivity contribution >= 4 is 32.7 Å². The number of aromatic nitrogens is 4. The van der Waals surface area contributed by atoms with Crippen LogP contribution in [0.5, 0.6) is 0 Å². The fraction of sp³-hybridized carbons (Fsp3) is 0.227. The van der Waals surface area contributed by atoms with Crippen LogP contribution in [0.25, 0.3) is 22.4 Å². The molecule has 3 heterocycles. The molecular formula is C22H22N6O3S. The van der Waals surface area contributed by atoms with Gasteiger partial charge in [0, 0.05) is 30.5 Å². The fourth-order valence-corrected chi connectivity index (χ4v) is 5.24. The maximum atomic E-state index is 12.6. The summed E-state index contributed by atoms with van der Waals surface area (Å²) >= 11 is 0. The molecule has 0 aliphatic carbocycles. The van der Waals surface area contributed by atoms with E-state index in [1.165, 1.54) is 21.4 Å². The zero-order chi connectivity index (χ0) is 22.1. The van der Waals surface area contributed by atoms with E-state index in [1.807, 2.05) is 36.4 Å². The first-order valence-corrected chi connectivity index (χ1v) is 11.8. The van der Waals surface area contributed by atoms with Gasteiger partial charge >= 0.3 is 0 Å². The molecule has 1 aliphatic rings. The van der Waals surface area contributed by atoms with Crippen molar-refractivity contribution in [1.82, 2.24) is 23.8 Å². The Labute approximate surface area is 185 Å². The van der Waals surface area contributed by atoms with Crippen LogP contribution in [0.1, 0.15) is 12.8 Å². The monoisotopic (exact) mass is 450 g/mol. The quantitative estimate of drug-likeness (QED) is 0.469. The number of hydrogen-bond donors (Lipinski definition) is 2. The van der Waals surface area contributed by atoms with Gasteiger partial charge in [-0.05, 0) is 49.2 Å². The highest BCUT2D eigenvalue weighted by molar-refractivity contribution is 7.89. The van der Waals surface area contributed by atoms with Crippen molar-refractivity contribution in [2.24, 2.45) is 0 Å². The van der Waals surface area contributed by atoms with Crippen molar-refractivity contribution < 1.29 is 13.2 Å². The van der Waals surface area contributed by atoms with Crippen molar-refractivity contribution in [3.05, 3.63) is 61.1 Å². The maximum absolute atomic E-state index is 12.6. The number of nitrogens with one attached hydrogen (secondary N) is 2. The minimum absolute atomic E-state index is 0.0256. The molecule has 164 valence electrons. The molecular weight excluding hydrogens is 428 g/mol. The Morgan fingerprint density at radius 1 is 1.06 bits per heavy atom.